The van der Waals surface area contributed by atoms with E-state index in [1.54, 1.807) is 11.3 Å². The van der Waals surface area contributed by atoms with Gasteiger partial charge < -0.3 is 5.11 Å². The molecule has 1 heterocycles. The van der Waals surface area contributed by atoms with Crippen LogP contribution in [-0.4, -0.2) is 29.7 Å². The van der Waals surface area contributed by atoms with Crippen LogP contribution in [0, 0.1) is 0 Å². The lowest BCUT2D eigenvalue weighted by Crippen LogP contribution is -2.26. The summed E-state index contributed by atoms with van der Waals surface area (Å²) >= 11 is 5.11. The Morgan fingerprint density at radius 1 is 1.64 bits per heavy atom. The van der Waals surface area contributed by atoms with Gasteiger partial charge in [0.1, 0.15) is 0 Å². The Labute approximate surface area is 97.0 Å². The summed E-state index contributed by atoms with van der Waals surface area (Å²) in [7, 11) is 0. The highest BCUT2D eigenvalue weighted by Crippen LogP contribution is 2.21. The molecule has 0 saturated carbocycles. The maximum absolute atomic E-state index is 8.86. The van der Waals surface area contributed by atoms with Crippen molar-refractivity contribution < 1.29 is 5.11 Å². The van der Waals surface area contributed by atoms with E-state index in [4.69, 9.17) is 5.11 Å². The Hall–Kier alpha value is -0.160. The summed E-state index contributed by atoms with van der Waals surface area (Å²) in [5, 5.41) is 11.0. The SMILES string of the molecule is C=CCN(CCO)Cc1csc(Br)c1. The highest BCUT2D eigenvalue weighted by molar-refractivity contribution is 9.11. The van der Waals surface area contributed by atoms with Crippen LogP contribution < -0.4 is 0 Å². The van der Waals surface area contributed by atoms with Gasteiger partial charge in [0.15, 0.2) is 0 Å². The van der Waals surface area contributed by atoms with Crippen LogP contribution in [0.4, 0.5) is 0 Å². The summed E-state index contributed by atoms with van der Waals surface area (Å²) in [5.74, 6) is 0. The molecule has 78 valence electrons. The molecule has 1 aromatic heterocycles. The largest absolute Gasteiger partial charge is 0.395 e. The molecule has 0 fully saturated rings. The molecule has 0 aromatic carbocycles. The van der Waals surface area contributed by atoms with E-state index in [0.29, 0.717) is 6.54 Å². The highest BCUT2D eigenvalue weighted by atomic mass is 79.9. The zero-order valence-corrected chi connectivity index (χ0v) is 10.4. The van der Waals surface area contributed by atoms with Gasteiger partial charge in [0, 0.05) is 19.6 Å². The molecule has 14 heavy (non-hydrogen) atoms. The molecule has 1 rings (SSSR count). The van der Waals surface area contributed by atoms with E-state index < -0.39 is 0 Å². The number of nitrogens with zero attached hydrogens (tertiary/aromatic N) is 1. The number of aliphatic hydroxyl groups is 1. The molecule has 2 nitrogen and oxygen atoms in total. The lowest BCUT2D eigenvalue weighted by atomic mass is 10.3. The Kier molecular flexibility index (Phi) is 5.40. The summed E-state index contributed by atoms with van der Waals surface area (Å²) in [6.45, 7) is 6.27. The summed E-state index contributed by atoms with van der Waals surface area (Å²) in [5.41, 5.74) is 1.28. The molecule has 0 atom stereocenters. The maximum atomic E-state index is 8.86. The Morgan fingerprint density at radius 2 is 2.43 bits per heavy atom. The topological polar surface area (TPSA) is 23.5 Å². The van der Waals surface area contributed by atoms with E-state index in [-0.39, 0.29) is 6.61 Å². The average molecular weight is 276 g/mol. The third-order valence-corrected chi connectivity index (χ3v) is 3.38. The minimum absolute atomic E-state index is 0.194. The van der Waals surface area contributed by atoms with Crippen molar-refractivity contribution in [3.8, 4) is 0 Å². The Balaban J connectivity index is 2.49. The summed E-state index contributed by atoms with van der Waals surface area (Å²) in [6.07, 6.45) is 1.86. The van der Waals surface area contributed by atoms with E-state index >= 15 is 0 Å². The van der Waals surface area contributed by atoms with E-state index in [9.17, 15) is 0 Å². The third kappa shape index (κ3) is 3.92. The van der Waals surface area contributed by atoms with E-state index in [0.717, 1.165) is 16.9 Å². The maximum Gasteiger partial charge on any atom is 0.0701 e. The highest BCUT2D eigenvalue weighted by Gasteiger charge is 2.04. The molecule has 1 aromatic rings. The molecule has 0 aliphatic heterocycles. The minimum atomic E-state index is 0.194. The summed E-state index contributed by atoms with van der Waals surface area (Å²) in [6, 6.07) is 2.11. The fraction of sp³-hybridized carbons (Fsp3) is 0.400. The van der Waals surface area contributed by atoms with Crippen LogP contribution in [0.2, 0.25) is 0 Å². The normalized spacial score (nSPS) is 10.8. The van der Waals surface area contributed by atoms with Crippen molar-refractivity contribution in [2.75, 3.05) is 19.7 Å². The molecule has 0 radical (unpaired) electrons. The van der Waals surface area contributed by atoms with Gasteiger partial charge in [0.25, 0.3) is 0 Å². The van der Waals surface area contributed by atoms with Gasteiger partial charge in [0.05, 0.1) is 10.4 Å². The molecule has 0 saturated heterocycles. The van der Waals surface area contributed by atoms with Crippen molar-refractivity contribution in [3.05, 3.63) is 33.5 Å². The van der Waals surface area contributed by atoms with E-state index in [1.807, 2.05) is 6.08 Å². The Bertz CT molecular complexity index is 287. The van der Waals surface area contributed by atoms with Gasteiger partial charge in [-0.25, -0.2) is 0 Å². The summed E-state index contributed by atoms with van der Waals surface area (Å²) in [4.78, 5) is 2.15. The first-order valence-corrected chi connectivity index (χ1v) is 6.10. The first kappa shape index (κ1) is 11.9. The number of aliphatic hydroxyl groups excluding tert-OH is 1. The molecular weight excluding hydrogens is 262 g/mol. The molecule has 0 bridgehead atoms. The predicted octanol–water partition coefficient (Wildman–Crippen LogP) is 2.49. The first-order valence-electron chi connectivity index (χ1n) is 4.43. The van der Waals surface area contributed by atoms with Gasteiger partial charge in [-0.1, -0.05) is 6.08 Å². The summed E-state index contributed by atoms with van der Waals surface area (Å²) < 4.78 is 1.15. The second-order valence-corrected chi connectivity index (χ2v) is 5.30. The van der Waals surface area contributed by atoms with Crippen molar-refractivity contribution in [1.82, 2.24) is 4.90 Å². The van der Waals surface area contributed by atoms with Crippen LogP contribution in [0.15, 0.2) is 27.9 Å². The molecule has 0 unspecified atom stereocenters. The van der Waals surface area contributed by atoms with E-state index in [2.05, 4.69) is 38.9 Å². The predicted molar refractivity (Wildman–Crippen MR) is 64.6 cm³/mol. The molecule has 4 heteroatoms. The number of hydrogen-bond donors (Lipinski definition) is 1. The lowest BCUT2D eigenvalue weighted by Gasteiger charge is -2.18. The fourth-order valence-corrected chi connectivity index (χ4v) is 2.45. The van der Waals surface area contributed by atoms with Crippen molar-refractivity contribution in [2.24, 2.45) is 0 Å². The van der Waals surface area contributed by atoms with Gasteiger partial charge in [0.2, 0.25) is 0 Å². The minimum Gasteiger partial charge on any atom is -0.395 e. The Morgan fingerprint density at radius 3 is 2.93 bits per heavy atom. The van der Waals surface area contributed by atoms with Crippen LogP contribution in [0.3, 0.4) is 0 Å². The van der Waals surface area contributed by atoms with Crippen molar-refractivity contribution >= 4 is 27.3 Å². The van der Waals surface area contributed by atoms with Crippen LogP contribution in [0.1, 0.15) is 5.56 Å². The first-order chi connectivity index (χ1) is 6.76. The van der Waals surface area contributed by atoms with Gasteiger partial charge >= 0.3 is 0 Å². The zero-order valence-electron chi connectivity index (χ0n) is 7.95. The van der Waals surface area contributed by atoms with Crippen LogP contribution in [0.25, 0.3) is 0 Å². The molecule has 0 amide bonds. The second-order valence-electron chi connectivity index (χ2n) is 3.01. The van der Waals surface area contributed by atoms with Crippen LogP contribution >= 0.6 is 27.3 Å². The number of rotatable bonds is 6. The average Bonchev–Trinajstić information content (AvgIpc) is 2.52. The van der Waals surface area contributed by atoms with Crippen LogP contribution in [0.5, 0.6) is 0 Å². The smallest absolute Gasteiger partial charge is 0.0701 e. The monoisotopic (exact) mass is 275 g/mol. The number of hydrogen-bond acceptors (Lipinski definition) is 3. The fourth-order valence-electron chi connectivity index (χ4n) is 1.25. The molecule has 0 aliphatic rings. The quantitative estimate of drug-likeness (QED) is 0.807. The zero-order chi connectivity index (χ0) is 10.4. The molecular formula is C10H14BrNOS. The number of thiophene rings is 1. The molecule has 1 N–H and O–H groups in total. The lowest BCUT2D eigenvalue weighted by molar-refractivity contribution is 0.203. The standard InChI is InChI=1S/C10H14BrNOS/c1-2-3-12(4-5-13)7-9-6-10(11)14-8-9/h2,6,8,13H,1,3-5,7H2. The number of halogens is 1. The van der Waals surface area contributed by atoms with Gasteiger partial charge in [-0.3, -0.25) is 4.90 Å². The van der Waals surface area contributed by atoms with Crippen LogP contribution in [-0.2, 0) is 6.54 Å². The third-order valence-electron chi connectivity index (χ3n) is 1.83. The van der Waals surface area contributed by atoms with E-state index in [1.165, 1.54) is 5.56 Å². The molecule has 0 aliphatic carbocycles. The molecule has 0 spiro atoms. The second kappa shape index (κ2) is 6.35. The van der Waals surface area contributed by atoms with Crippen molar-refractivity contribution in [3.63, 3.8) is 0 Å². The van der Waals surface area contributed by atoms with Crippen molar-refractivity contribution in [1.29, 1.82) is 0 Å². The van der Waals surface area contributed by atoms with Crippen molar-refractivity contribution in [2.45, 2.75) is 6.54 Å². The van der Waals surface area contributed by atoms with Gasteiger partial charge in [-0.2, -0.15) is 0 Å². The van der Waals surface area contributed by atoms with Gasteiger partial charge in [-0.15, -0.1) is 17.9 Å². The van der Waals surface area contributed by atoms with Gasteiger partial charge in [-0.05, 0) is 32.9 Å².